The Bertz CT molecular complexity index is 1220. The van der Waals surface area contributed by atoms with Gasteiger partial charge in [-0.15, -0.1) is 10.2 Å². The van der Waals surface area contributed by atoms with Gasteiger partial charge in [-0.1, -0.05) is 18.1 Å². The number of fused-ring (bicyclic) bond motifs is 1. The van der Waals surface area contributed by atoms with E-state index in [9.17, 15) is 24.6 Å². The minimum atomic E-state index is -4.84. The van der Waals surface area contributed by atoms with Crippen molar-refractivity contribution in [3.8, 4) is 0 Å². The molecule has 0 amide bonds. The van der Waals surface area contributed by atoms with E-state index in [4.69, 9.17) is 21.1 Å². The molecule has 5 atom stereocenters. The van der Waals surface area contributed by atoms with Crippen LogP contribution in [0, 0.1) is 0 Å². The van der Waals surface area contributed by atoms with Gasteiger partial charge in [0.1, 0.15) is 24.1 Å². The van der Waals surface area contributed by atoms with E-state index in [-0.39, 0.29) is 22.8 Å². The van der Waals surface area contributed by atoms with Crippen LogP contribution < -0.4 is 5.32 Å². The van der Waals surface area contributed by atoms with Crippen LogP contribution in [0.3, 0.4) is 0 Å². The number of hydrogen-bond acceptors (Lipinski definition) is 12. The SMILES string of the molecule is O=P(O)(O)C(OC[C@H]1O[C@@H](n2ncc3c(NC4CCCC4)nc(Cl)nc32)[C@H](O)[C@@H]1O)c1nn[nH]n1. The maximum atomic E-state index is 11.8. The van der Waals surface area contributed by atoms with Gasteiger partial charge in [0.25, 0.3) is 0 Å². The fourth-order valence-corrected chi connectivity index (χ4v) is 5.16. The second-order valence-electron chi connectivity index (χ2n) is 8.38. The molecule has 18 heteroatoms. The van der Waals surface area contributed by atoms with E-state index < -0.39 is 44.6 Å². The molecule has 16 nitrogen and oxygen atoms in total. The lowest BCUT2D eigenvalue weighted by molar-refractivity contribution is -0.0773. The summed E-state index contributed by atoms with van der Waals surface area (Å²) in [4.78, 5) is 27.7. The number of rotatable bonds is 8. The van der Waals surface area contributed by atoms with Gasteiger partial charge < -0.3 is 34.8 Å². The van der Waals surface area contributed by atoms with Gasteiger partial charge in [-0.3, -0.25) is 4.57 Å². The van der Waals surface area contributed by atoms with Gasteiger partial charge in [0, 0.05) is 6.04 Å². The van der Waals surface area contributed by atoms with E-state index in [2.05, 4.69) is 41.0 Å². The van der Waals surface area contributed by atoms with Crippen LogP contribution in [-0.4, -0.2) is 91.3 Å². The first-order valence-corrected chi connectivity index (χ1v) is 12.9. The van der Waals surface area contributed by atoms with Crippen LogP contribution in [0.2, 0.25) is 5.28 Å². The average Bonchev–Trinajstić information content (AvgIpc) is 3.59. The lowest BCUT2D eigenvalue weighted by atomic mass is 10.1. The maximum absolute atomic E-state index is 11.8. The zero-order valence-electron chi connectivity index (χ0n) is 18.0. The molecule has 3 aromatic rings. The Labute approximate surface area is 202 Å². The molecule has 3 aromatic heterocycles. The van der Waals surface area contributed by atoms with E-state index in [1.807, 2.05) is 0 Å². The molecule has 2 fully saturated rings. The first kappa shape index (κ1) is 24.4. The number of hydrogen-bond donors (Lipinski definition) is 6. The minimum absolute atomic E-state index is 0.0303. The number of nitrogens with one attached hydrogen (secondary N) is 2. The van der Waals surface area contributed by atoms with Gasteiger partial charge in [0.15, 0.2) is 11.9 Å². The third-order valence-electron chi connectivity index (χ3n) is 6.01. The topological polar surface area (TPSA) is 227 Å². The molecular weight excluding hydrogens is 509 g/mol. The number of ether oxygens (including phenoxy) is 2. The Hall–Kier alpha value is -2.30. The molecule has 1 aliphatic heterocycles. The fraction of sp³-hybridized carbons (Fsp3) is 0.647. The lowest BCUT2D eigenvalue weighted by Crippen LogP contribution is -2.34. The standard InChI is InChI=1S/C17H23ClN9O7P/c18-17-21-12(20-7-3-1-2-4-7)8-5-19-27(14(8)22-17)15-11(29)10(28)9(34-15)6-33-16(35(30,31)32)13-23-25-26-24-13/h5,7,9-11,15-16,28-29H,1-4,6H2,(H,20,21,22)(H2,30,31,32)(H,23,24,25,26)/t9-,10-,11-,15-,16?/m1/s1. The Kier molecular flexibility index (Phi) is 6.71. The van der Waals surface area contributed by atoms with E-state index in [1.54, 1.807) is 0 Å². The van der Waals surface area contributed by atoms with Gasteiger partial charge in [-0.05, 0) is 24.4 Å². The van der Waals surface area contributed by atoms with Crippen LogP contribution in [0.1, 0.15) is 43.6 Å². The summed E-state index contributed by atoms with van der Waals surface area (Å²) in [6, 6.07) is 0.255. The van der Waals surface area contributed by atoms with E-state index >= 15 is 0 Å². The quantitative estimate of drug-likeness (QED) is 0.164. The third-order valence-corrected chi connectivity index (χ3v) is 7.17. The maximum Gasteiger partial charge on any atom is 0.362 e. The molecule has 190 valence electrons. The lowest BCUT2D eigenvalue weighted by Gasteiger charge is -2.20. The molecule has 4 heterocycles. The normalized spacial score (nSPS) is 26.5. The van der Waals surface area contributed by atoms with Crippen LogP contribution in [0.25, 0.3) is 11.0 Å². The third kappa shape index (κ3) is 4.88. The zero-order chi connectivity index (χ0) is 24.7. The summed E-state index contributed by atoms with van der Waals surface area (Å²) in [7, 11) is -4.84. The summed E-state index contributed by atoms with van der Waals surface area (Å²) in [5.74, 6) is -1.69. The van der Waals surface area contributed by atoms with Crippen molar-refractivity contribution < 1.29 is 34.0 Å². The summed E-state index contributed by atoms with van der Waals surface area (Å²) in [6.45, 7) is -0.498. The first-order valence-electron chi connectivity index (χ1n) is 10.8. The summed E-state index contributed by atoms with van der Waals surface area (Å²) < 4.78 is 24.1. The predicted molar refractivity (Wildman–Crippen MR) is 117 cm³/mol. The van der Waals surface area contributed by atoms with E-state index in [1.165, 1.54) is 10.9 Å². The second kappa shape index (κ2) is 9.63. The average molecular weight is 532 g/mol. The number of aliphatic hydroxyl groups is 2. The van der Waals surface area contributed by atoms with Crippen LogP contribution in [0.5, 0.6) is 0 Å². The van der Waals surface area contributed by atoms with Crippen molar-refractivity contribution in [3.63, 3.8) is 0 Å². The highest BCUT2D eigenvalue weighted by molar-refractivity contribution is 7.51. The number of halogens is 1. The van der Waals surface area contributed by atoms with Gasteiger partial charge in [0.2, 0.25) is 17.0 Å². The minimum Gasteiger partial charge on any atom is -0.387 e. The number of tetrazole rings is 1. The van der Waals surface area contributed by atoms with Gasteiger partial charge in [-0.25, -0.2) is 4.68 Å². The van der Waals surface area contributed by atoms with Crippen LogP contribution in [-0.2, 0) is 14.0 Å². The molecule has 5 rings (SSSR count). The highest BCUT2D eigenvalue weighted by atomic mass is 35.5. The van der Waals surface area contributed by atoms with Gasteiger partial charge >= 0.3 is 7.60 Å². The van der Waals surface area contributed by atoms with Crippen LogP contribution in [0.4, 0.5) is 5.82 Å². The van der Waals surface area contributed by atoms with Crippen molar-refractivity contribution in [2.45, 2.75) is 62.1 Å². The smallest absolute Gasteiger partial charge is 0.362 e. The monoisotopic (exact) mass is 531 g/mol. The summed E-state index contributed by atoms with van der Waals surface area (Å²) in [6.07, 6.45) is 0.513. The number of anilines is 1. The number of aromatic nitrogens is 8. The Balaban J connectivity index is 1.36. The van der Waals surface area contributed by atoms with Crippen molar-refractivity contribution in [2.24, 2.45) is 0 Å². The molecule has 35 heavy (non-hydrogen) atoms. The van der Waals surface area contributed by atoms with Crippen LogP contribution in [0.15, 0.2) is 6.20 Å². The number of aromatic amines is 1. The second-order valence-corrected chi connectivity index (χ2v) is 10.4. The highest BCUT2D eigenvalue weighted by Crippen LogP contribution is 2.51. The largest absolute Gasteiger partial charge is 0.387 e. The highest BCUT2D eigenvalue weighted by Gasteiger charge is 2.46. The van der Waals surface area contributed by atoms with Crippen molar-refractivity contribution in [3.05, 3.63) is 17.3 Å². The van der Waals surface area contributed by atoms with Gasteiger partial charge in [0.05, 0.1) is 18.2 Å². The summed E-state index contributed by atoms with van der Waals surface area (Å²) in [5.41, 5.74) is 0.281. The number of aliphatic hydroxyl groups excluding tert-OH is 2. The molecule has 0 spiro atoms. The zero-order valence-corrected chi connectivity index (χ0v) is 19.7. The molecule has 1 aliphatic carbocycles. The summed E-state index contributed by atoms with van der Waals surface area (Å²) in [5, 5.41) is 41.8. The molecule has 0 bridgehead atoms. The molecular formula is C17H23ClN9O7P. The molecule has 1 saturated carbocycles. The Morgan fingerprint density at radius 2 is 2.06 bits per heavy atom. The molecule has 1 saturated heterocycles. The molecule has 0 radical (unpaired) electrons. The molecule has 2 aliphatic rings. The van der Waals surface area contributed by atoms with Crippen LogP contribution >= 0.6 is 19.2 Å². The fourth-order valence-electron chi connectivity index (χ4n) is 4.31. The van der Waals surface area contributed by atoms with Gasteiger partial charge in [-0.2, -0.15) is 20.3 Å². The molecule has 0 aromatic carbocycles. The first-order chi connectivity index (χ1) is 16.7. The molecule has 6 N–H and O–H groups in total. The van der Waals surface area contributed by atoms with E-state index in [0.717, 1.165) is 25.7 Å². The summed E-state index contributed by atoms with van der Waals surface area (Å²) >= 11 is 6.15. The van der Waals surface area contributed by atoms with Crippen molar-refractivity contribution in [1.82, 2.24) is 40.4 Å². The van der Waals surface area contributed by atoms with E-state index in [0.29, 0.717) is 11.2 Å². The number of nitrogens with zero attached hydrogens (tertiary/aromatic N) is 7. The molecule has 1 unspecified atom stereocenters. The van der Waals surface area contributed by atoms with Crippen molar-refractivity contribution in [1.29, 1.82) is 0 Å². The van der Waals surface area contributed by atoms with Crippen molar-refractivity contribution >= 4 is 36.0 Å². The Morgan fingerprint density at radius 3 is 2.74 bits per heavy atom. The number of H-pyrrole nitrogens is 1. The Morgan fingerprint density at radius 1 is 1.29 bits per heavy atom. The van der Waals surface area contributed by atoms with Crippen molar-refractivity contribution in [2.75, 3.05) is 11.9 Å². The predicted octanol–water partition coefficient (Wildman–Crippen LogP) is -0.140.